The van der Waals surface area contributed by atoms with Crippen LogP contribution < -0.4 is 0 Å². The zero-order valence-corrected chi connectivity index (χ0v) is 19.2. The van der Waals surface area contributed by atoms with Crippen LogP contribution in [0.2, 0.25) is 0 Å². The minimum atomic E-state index is -0.251. The standard InChI is InChI=1S/C24H30N4OS/c1-6-21(27(4)5)23-25-26-24(28(23)16-19-10-8-7-9-11-19)30-18(3)22(29)20-14-12-17(2)13-15-20/h7-15,18,21H,6,16H2,1-5H3/t18-,21+/m0/s1. The minimum Gasteiger partial charge on any atom is -0.300 e. The summed E-state index contributed by atoms with van der Waals surface area (Å²) >= 11 is 1.48. The number of benzene rings is 2. The highest BCUT2D eigenvalue weighted by atomic mass is 32.2. The van der Waals surface area contributed by atoms with Crippen LogP contribution >= 0.6 is 11.8 Å². The maximum absolute atomic E-state index is 12.9. The van der Waals surface area contributed by atoms with Crippen LogP contribution in [-0.4, -0.2) is 44.8 Å². The number of carbonyl (C=O) groups excluding carboxylic acids is 1. The van der Waals surface area contributed by atoms with Gasteiger partial charge in [0, 0.05) is 5.56 Å². The lowest BCUT2D eigenvalue weighted by Gasteiger charge is -2.23. The smallest absolute Gasteiger partial charge is 0.192 e. The fourth-order valence-electron chi connectivity index (χ4n) is 3.49. The van der Waals surface area contributed by atoms with Gasteiger partial charge in [0.15, 0.2) is 16.8 Å². The second-order valence-electron chi connectivity index (χ2n) is 7.79. The third-order valence-electron chi connectivity index (χ3n) is 5.22. The molecule has 0 radical (unpaired) electrons. The Morgan fingerprint density at radius 3 is 2.33 bits per heavy atom. The van der Waals surface area contributed by atoms with E-state index in [9.17, 15) is 4.79 Å². The Bertz CT molecular complexity index is 967. The molecule has 0 N–H and O–H groups in total. The van der Waals surface area contributed by atoms with Crippen molar-refractivity contribution in [3.8, 4) is 0 Å². The summed E-state index contributed by atoms with van der Waals surface area (Å²) in [6, 6.07) is 18.2. The number of Topliss-reactive ketones (excluding diaryl/α,β-unsaturated/α-hetero) is 1. The van der Waals surface area contributed by atoms with Crippen molar-refractivity contribution in [1.29, 1.82) is 0 Å². The Morgan fingerprint density at radius 2 is 1.73 bits per heavy atom. The maximum Gasteiger partial charge on any atom is 0.192 e. The van der Waals surface area contributed by atoms with Crippen LogP contribution in [-0.2, 0) is 6.54 Å². The number of hydrogen-bond donors (Lipinski definition) is 0. The molecule has 0 aliphatic rings. The monoisotopic (exact) mass is 422 g/mol. The van der Waals surface area contributed by atoms with Crippen LogP contribution in [0.3, 0.4) is 0 Å². The molecule has 1 aromatic heterocycles. The molecular weight excluding hydrogens is 392 g/mol. The normalized spacial score (nSPS) is 13.4. The largest absolute Gasteiger partial charge is 0.300 e. The Labute approximate surface area is 183 Å². The van der Waals surface area contributed by atoms with Crippen molar-refractivity contribution < 1.29 is 4.79 Å². The predicted octanol–water partition coefficient (Wildman–Crippen LogP) is 5.01. The third-order valence-corrected chi connectivity index (χ3v) is 6.31. The van der Waals surface area contributed by atoms with Crippen LogP contribution in [0.25, 0.3) is 0 Å². The number of hydrogen-bond acceptors (Lipinski definition) is 5. The molecule has 2 aromatic carbocycles. The Morgan fingerprint density at radius 1 is 1.07 bits per heavy atom. The maximum atomic E-state index is 12.9. The van der Waals surface area contributed by atoms with Crippen molar-refractivity contribution in [2.75, 3.05) is 14.1 Å². The average molecular weight is 423 g/mol. The molecule has 3 rings (SSSR count). The van der Waals surface area contributed by atoms with Gasteiger partial charge in [-0.1, -0.05) is 78.8 Å². The quantitative estimate of drug-likeness (QED) is 0.358. The van der Waals surface area contributed by atoms with Crippen molar-refractivity contribution in [1.82, 2.24) is 19.7 Å². The lowest BCUT2D eigenvalue weighted by atomic mass is 10.1. The molecule has 0 saturated carbocycles. The molecule has 0 saturated heterocycles. The van der Waals surface area contributed by atoms with Gasteiger partial charge < -0.3 is 4.57 Å². The third kappa shape index (κ3) is 5.18. The fourth-order valence-corrected chi connectivity index (χ4v) is 4.42. The van der Waals surface area contributed by atoms with E-state index >= 15 is 0 Å². The first-order chi connectivity index (χ1) is 14.4. The minimum absolute atomic E-state index is 0.107. The molecule has 5 nitrogen and oxygen atoms in total. The lowest BCUT2D eigenvalue weighted by molar-refractivity contribution is 0.0994. The predicted molar refractivity (Wildman–Crippen MR) is 123 cm³/mol. The van der Waals surface area contributed by atoms with Gasteiger partial charge in [0.25, 0.3) is 0 Å². The molecule has 0 spiro atoms. The van der Waals surface area contributed by atoms with Gasteiger partial charge in [-0.3, -0.25) is 9.69 Å². The van der Waals surface area contributed by atoms with Crippen LogP contribution in [0.15, 0.2) is 59.8 Å². The molecule has 0 aliphatic heterocycles. The molecule has 30 heavy (non-hydrogen) atoms. The van der Waals surface area contributed by atoms with Crippen molar-refractivity contribution in [2.24, 2.45) is 0 Å². The van der Waals surface area contributed by atoms with Crippen molar-refractivity contribution in [3.63, 3.8) is 0 Å². The van der Waals surface area contributed by atoms with E-state index in [1.165, 1.54) is 17.3 Å². The van der Waals surface area contributed by atoms with E-state index < -0.39 is 0 Å². The summed E-state index contributed by atoms with van der Waals surface area (Å²) in [5.74, 6) is 1.04. The van der Waals surface area contributed by atoms with E-state index in [1.807, 2.05) is 56.3 Å². The van der Waals surface area contributed by atoms with Gasteiger partial charge in [-0.25, -0.2) is 0 Å². The second-order valence-corrected chi connectivity index (χ2v) is 9.10. The molecule has 0 amide bonds. The first kappa shape index (κ1) is 22.2. The Kier molecular flexibility index (Phi) is 7.45. The van der Waals surface area contributed by atoms with Crippen molar-refractivity contribution in [2.45, 2.75) is 50.2 Å². The first-order valence-electron chi connectivity index (χ1n) is 10.3. The second kappa shape index (κ2) is 10.0. The summed E-state index contributed by atoms with van der Waals surface area (Å²) in [6.45, 7) is 6.80. The van der Waals surface area contributed by atoms with E-state index in [-0.39, 0.29) is 17.1 Å². The van der Waals surface area contributed by atoms with E-state index in [0.717, 1.165) is 28.5 Å². The molecule has 6 heteroatoms. The van der Waals surface area contributed by atoms with E-state index in [4.69, 9.17) is 0 Å². The van der Waals surface area contributed by atoms with Crippen LogP contribution in [0.4, 0.5) is 0 Å². The Balaban J connectivity index is 1.90. The summed E-state index contributed by atoms with van der Waals surface area (Å²) in [4.78, 5) is 15.1. The van der Waals surface area contributed by atoms with Gasteiger partial charge in [0.05, 0.1) is 17.8 Å². The molecule has 158 valence electrons. The first-order valence-corrected chi connectivity index (χ1v) is 11.2. The highest BCUT2D eigenvalue weighted by Crippen LogP contribution is 2.29. The van der Waals surface area contributed by atoms with Gasteiger partial charge in [-0.2, -0.15) is 0 Å². The SMILES string of the molecule is CC[C@H](c1nnc(S[C@@H](C)C(=O)c2ccc(C)cc2)n1Cc1ccccc1)N(C)C. The van der Waals surface area contributed by atoms with E-state index in [1.54, 1.807) is 0 Å². The molecule has 0 bridgehead atoms. The summed E-state index contributed by atoms with van der Waals surface area (Å²) in [5, 5.41) is 9.56. The zero-order chi connectivity index (χ0) is 21.7. The topological polar surface area (TPSA) is 51.0 Å². The lowest BCUT2D eigenvalue weighted by Crippen LogP contribution is -2.23. The number of aromatic nitrogens is 3. The van der Waals surface area contributed by atoms with Crippen LogP contribution in [0.5, 0.6) is 0 Å². The van der Waals surface area contributed by atoms with Crippen LogP contribution in [0, 0.1) is 6.92 Å². The summed E-state index contributed by atoms with van der Waals surface area (Å²) in [7, 11) is 4.12. The molecule has 1 heterocycles. The van der Waals surface area contributed by atoms with Gasteiger partial charge in [-0.15, -0.1) is 10.2 Å². The Hall–Kier alpha value is -2.44. The van der Waals surface area contributed by atoms with Gasteiger partial charge >= 0.3 is 0 Å². The molecule has 0 fully saturated rings. The summed E-state index contributed by atoms with van der Waals surface area (Å²) in [5.41, 5.74) is 3.06. The molecule has 0 unspecified atom stereocenters. The molecule has 3 aromatic rings. The highest BCUT2D eigenvalue weighted by molar-refractivity contribution is 8.00. The van der Waals surface area contributed by atoms with E-state index in [0.29, 0.717) is 6.54 Å². The molecule has 0 aliphatic carbocycles. The highest BCUT2D eigenvalue weighted by Gasteiger charge is 2.25. The van der Waals surface area contributed by atoms with Gasteiger partial charge in [0.2, 0.25) is 0 Å². The van der Waals surface area contributed by atoms with Crippen molar-refractivity contribution >= 4 is 17.5 Å². The number of thioether (sulfide) groups is 1. The van der Waals surface area contributed by atoms with Gasteiger partial charge in [-0.05, 0) is 39.9 Å². The summed E-state index contributed by atoms with van der Waals surface area (Å²) < 4.78 is 2.16. The number of rotatable bonds is 9. The summed E-state index contributed by atoms with van der Waals surface area (Å²) in [6.07, 6.45) is 0.933. The number of nitrogens with zero attached hydrogens (tertiary/aromatic N) is 4. The number of aryl methyl sites for hydroxylation is 1. The number of ketones is 1. The number of carbonyl (C=O) groups is 1. The van der Waals surface area contributed by atoms with Gasteiger partial charge in [0.1, 0.15) is 0 Å². The molecule has 2 atom stereocenters. The molecular formula is C24H30N4OS. The van der Waals surface area contributed by atoms with Crippen LogP contribution in [0.1, 0.15) is 53.6 Å². The van der Waals surface area contributed by atoms with Crippen molar-refractivity contribution in [3.05, 3.63) is 77.1 Å². The fraction of sp³-hybridized carbons (Fsp3) is 0.375. The van der Waals surface area contributed by atoms with E-state index in [2.05, 4.69) is 52.8 Å². The zero-order valence-electron chi connectivity index (χ0n) is 18.4. The average Bonchev–Trinajstić information content (AvgIpc) is 3.11.